The highest BCUT2D eigenvalue weighted by molar-refractivity contribution is 5.67. The van der Waals surface area contributed by atoms with Gasteiger partial charge in [0.1, 0.15) is 11.6 Å². The molecule has 0 saturated carbocycles. The van der Waals surface area contributed by atoms with E-state index in [1.54, 1.807) is 31.4 Å². The van der Waals surface area contributed by atoms with Crippen molar-refractivity contribution in [1.82, 2.24) is 9.47 Å². The molecule has 4 nitrogen and oxygen atoms in total. The first-order valence-electron chi connectivity index (χ1n) is 10.5. The molecule has 0 amide bonds. The molecule has 2 aliphatic rings. The average molecular weight is 404 g/mol. The Bertz CT molecular complexity index is 1120. The summed E-state index contributed by atoms with van der Waals surface area (Å²) in [4.78, 5) is 15.1. The molecule has 2 atom stereocenters. The van der Waals surface area contributed by atoms with Crippen molar-refractivity contribution in [3.8, 4) is 16.9 Å². The average Bonchev–Trinajstić information content (AvgIpc) is 2.75. The predicted molar refractivity (Wildman–Crippen MR) is 115 cm³/mol. The van der Waals surface area contributed by atoms with Gasteiger partial charge in [-0.1, -0.05) is 30.3 Å². The van der Waals surface area contributed by atoms with Crippen molar-refractivity contribution in [3.63, 3.8) is 0 Å². The molecule has 2 aliphatic heterocycles. The van der Waals surface area contributed by atoms with Gasteiger partial charge in [0.25, 0.3) is 5.56 Å². The van der Waals surface area contributed by atoms with Crippen molar-refractivity contribution < 1.29 is 9.13 Å². The number of nitrogens with zero attached hydrogens (tertiary/aromatic N) is 2. The molecule has 2 aromatic carbocycles. The van der Waals surface area contributed by atoms with E-state index >= 15 is 0 Å². The van der Waals surface area contributed by atoms with Crippen molar-refractivity contribution >= 4 is 0 Å². The van der Waals surface area contributed by atoms with Crippen LogP contribution >= 0.6 is 0 Å². The maximum atomic E-state index is 14.6. The van der Waals surface area contributed by atoms with Crippen LogP contribution in [0.5, 0.6) is 5.75 Å². The number of fused-ring (bicyclic) bond motifs is 4. The third-order valence-electron chi connectivity index (χ3n) is 6.39. The van der Waals surface area contributed by atoms with Gasteiger partial charge in [-0.05, 0) is 42.2 Å². The van der Waals surface area contributed by atoms with E-state index in [1.165, 1.54) is 11.6 Å². The Hall–Kier alpha value is -2.92. The highest BCUT2D eigenvalue weighted by Gasteiger charge is 2.36. The normalized spacial score (nSPS) is 20.6. The van der Waals surface area contributed by atoms with E-state index in [1.807, 2.05) is 22.8 Å². The quantitative estimate of drug-likeness (QED) is 0.651. The maximum absolute atomic E-state index is 14.6. The van der Waals surface area contributed by atoms with Gasteiger partial charge in [-0.15, -0.1) is 0 Å². The third-order valence-corrected chi connectivity index (χ3v) is 6.39. The van der Waals surface area contributed by atoms with E-state index in [2.05, 4.69) is 17.0 Å². The Morgan fingerprint density at radius 1 is 0.967 bits per heavy atom. The summed E-state index contributed by atoms with van der Waals surface area (Å²) in [5, 5.41) is 0. The molecule has 0 aliphatic carbocycles. The van der Waals surface area contributed by atoms with E-state index < -0.39 is 0 Å². The lowest BCUT2D eigenvalue weighted by atomic mass is 9.80. The molecule has 3 heterocycles. The van der Waals surface area contributed by atoms with E-state index in [0.717, 1.165) is 43.1 Å². The first-order chi connectivity index (χ1) is 14.6. The molecule has 30 heavy (non-hydrogen) atoms. The number of methoxy groups -OCH3 is 1. The summed E-state index contributed by atoms with van der Waals surface area (Å²) >= 11 is 0. The van der Waals surface area contributed by atoms with Gasteiger partial charge in [0.2, 0.25) is 0 Å². The largest absolute Gasteiger partial charge is 0.497 e. The Kier molecular flexibility index (Phi) is 4.91. The molecular weight excluding hydrogens is 379 g/mol. The minimum absolute atomic E-state index is 0.0170. The smallest absolute Gasteiger partial charge is 0.250 e. The van der Waals surface area contributed by atoms with Gasteiger partial charge in [0.05, 0.1) is 7.11 Å². The summed E-state index contributed by atoms with van der Waals surface area (Å²) < 4.78 is 21.7. The molecule has 5 rings (SSSR count). The maximum Gasteiger partial charge on any atom is 0.250 e. The molecule has 2 bridgehead atoms. The van der Waals surface area contributed by atoms with Crippen LogP contribution in [0.2, 0.25) is 0 Å². The summed E-state index contributed by atoms with van der Waals surface area (Å²) in [5.74, 6) is 1.27. The van der Waals surface area contributed by atoms with Crippen LogP contribution in [0.4, 0.5) is 4.39 Å². The van der Waals surface area contributed by atoms with Crippen molar-refractivity contribution in [2.45, 2.75) is 25.4 Å². The second-order valence-corrected chi connectivity index (χ2v) is 8.40. The number of hydrogen-bond donors (Lipinski definition) is 0. The Labute approximate surface area is 175 Å². The number of benzene rings is 2. The van der Waals surface area contributed by atoms with Crippen molar-refractivity contribution in [2.75, 3.05) is 20.2 Å². The van der Waals surface area contributed by atoms with Crippen LogP contribution in [0.1, 0.15) is 23.6 Å². The number of hydrogen-bond acceptors (Lipinski definition) is 3. The summed E-state index contributed by atoms with van der Waals surface area (Å²) in [6.45, 7) is 3.40. The zero-order chi connectivity index (χ0) is 20.7. The van der Waals surface area contributed by atoms with Gasteiger partial charge < -0.3 is 9.30 Å². The first-order valence-corrected chi connectivity index (χ1v) is 10.5. The van der Waals surface area contributed by atoms with E-state index in [-0.39, 0.29) is 17.3 Å². The minimum atomic E-state index is -0.244. The molecule has 1 fully saturated rings. The third kappa shape index (κ3) is 3.43. The lowest BCUT2D eigenvalue weighted by Crippen LogP contribution is -2.47. The summed E-state index contributed by atoms with van der Waals surface area (Å²) in [6, 6.07) is 18.4. The highest BCUT2D eigenvalue weighted by Crippen LogP contribution is 2.40. The van der Waals surface area contributed by atoms with Gasteiger partial charge in [-0.2, -0.15) is 0 Å². The standard InChI is InChI=1S/C25H25FN2O2/c1-30-20-8-6-17(7-9-20)13-27-14-18-12-19(16-27)25-22(10-11-24(29)28(25)15-18)21-4-2-3-5-23(21)26/h2-11,18-19H,12-16H2,1H3. The molecule has 2 unspecified atom stereocenters. The number of pyridine rings is 1. The van der Waals surface area contributed by atoms with Crippen LogP contribution < -0.4 is 10.3 Å². The van der Waals surface area contributed by atoms with Gasteiger partial charge in [0, 0.05) is 55.0 Å². The monoisotopic (exact) mass is 404 g/mol. The lowest BCUT2D eigenvalue weighted by molar-refractivity contribution is 0.114. The predicted octanol–water partition coefficient (Wildman–Crippen LogP) is 4.28. The van der Waals surface area contributed by atoms with E-state index in [4.69, 9.17) is 4.74 Å². The van der Waals surface area contributed by atoms with Gasteiger partial charge >= 0.3 is 0 Å². The Morgan fingerprint density at radius 3 is 2.53 bits per heavy atom. The number of aromatic nitrogens is 1. The molecular formula is C25H25FN2O2. The molecule has 0 N–H and O–H groups in total. The zero-order valence-corrected chi connectivity index (χ0v) is 17.1. The molecule has 0 spiro atoms. The molecule has 0 radical (unpaired) electrons. The molecule has 1 aromatic heterocycles. The number of rotatable bonds is 4. The van der Waals surface area contributed by atoms with Crippen molar-refractivity contribution in [3.05, 3.63) is 88.1 Å². The van der Waals surface area contributed by atoms with E-state index in [9.17, 15) is 9.18 Å². The first kappa shape index (κ1) is 19.1. The minimum Gasteiger partial charge on any atom is -0.497 e. The Morgan fingerprint density at radius 2 is 1.77 bits per heavy atom. The van der Waals surface area contributed by atoms with Crippen LogP contribution in [0.3, 0.4) is 0 Å². The number of likely N-dealkylation sites (tertiary alicyclic amines) is 1. The summed E-state index contributed by atoms with van der Waals surface area (Å²) in [5.41, 5.74) is 3.68. The van der Waals surface area contributed by atoms with Crippen molar-refractivity contribution in [1.29, 1.82) is 0 Å². The molecule has 154 valence electrons. The highest BCUT2D eigenvalue weighted by atomic mass is 19.1. The number of ether oxygens (including phenoxy) is 1. The van der Waals surface area contributed by atoms with Crippen LogP contribution in [-0.4, -0.2) is 29.7 Å². The van der Waals surface area contributed by atoms with Crippen molar-refractivity contribution in [2.24, 2.45) is 5.92 Å². The molecule has 3 aromatic rings. The van der Waals surface area contributed by atoms with Crippen LogP contribution in [0.15, 0.2) is 65.5 Å². The van der Waals surface area contributed by atoms with Gasteiger partial charge in [-0.25, -0.2) is 4.39 Å². The van der Waals surface area contributed by atoms with Crippen LogP contribution in [-0.2, 0) is 13.1 Å². The topological polar surface area (TPSA) is 34.5 Å². The second kappa shape index (κ2) is 7.73. The van der Waals surface area contributed by atoms with Crippen LogP contribution in [0, 0.1) is 11.7 Å². The molecule has 1 saturated heterocycles. The van der Waals surface area contributed by atoms with Crippen LogP contribution in [0.25, 0.3) is 11.1 Å². The van der Waals surface area contributed by atoms with E-state index in [0.29, 0.717) is 18.0 Å². The van der Waals surface area contributed by atoms with Gasteiger partial charge in [-0.3, -0.25) is 9.69 Å². The number of halogens is 1. The summed E-state index contributed by atoms with van der Waals surface area (Å²) in [6.07, 6.45) is 1.05. The van der Waals surface area contributed by atoms with Gasteiger partial charge in [0.15, 0.2) is 0 Å². The molecule has 5 heteroatoms. The zero-order valence-electron chi connectivity index (χ0n) is 17.1. The fraction of sp³-hybridized carbons (Fsp3) is 0.320. The lowest BCUT2D eigenvalue weighted by Gasteiger charge is -2.43. The summed E-state index contributed by atoms with van der Waals surface area (Å²) in [7, 11) is 1.67. The fourth-order valence-corrected chi connectivity index (χ4v) is 5.14. The second-order valence-electron chi connectivity index (χ2n) is 8.40. The fourth-order valence-electron chi connectivity index (χ4n) is 5.14. The SMILES string of the molecule is COc1ccc(CN2CC3CC(C2)c2c(-c4ccccc4F)ccc(=O)n2C3)cc1. The Balaban J connectivity index is 1.48. The number of piperidine rings is 1.